The number of aromatic nitrogens is 1. The van der Waals surface area contributed by atoms with Gasteiger partial charge >= 0.3 is 5.97 Å². The molecule has 2 aromatic rings. The molecule has 0 amide bonds. The molecule has 1 aromatic heterocycles. The van der Waals surface area contributed by atoms with Crippen molar-refractivity contribution >= 4 is 28.1 Å². The van der Waals surface area contributed by atoms with Crippen molar-refractivity contribution in [2.24, 2.45) is 0 Å². The van der Waals surface area contributed by atoms with Crippen LogP contribution in [0.4, 0.5) is 10.8 Å². The van der Waals surface area contributed by atoms with Gasteiger partial charge in [0, 0.05) is 11.1 Å². The van der Waals surface area contributed by atoms with E-state index < -0.39 is 0 Å². The van der Waals surface area contributed by atoms with Crippen LogP contribution in [0.3, 0.4) is 0 Å². The fraction of sp³-hybridized carbons (Fsp3) is 0.231. The van der Waals surface area contributed by atoms with Crippen LogP contribution in [-0.4, -0.2) is 18.1 Å². The lowest BCUT2D eigenvalue weighted by Crippen LogP contribution is -2.04. The second-order valence-electron chi connectivity index (χ2n) is 3.89. The number of benzene rings is 1. The van der Waals surface area contributed by atoms with Crippen LogP contribution in [0, 0.1) is 6.92 Å². The molecule has 0 aliphatic rings. The Morgan fingerprint density at radius 3 is 2.78 bits per heavy atom. The van der Waals surface area contributed by atoms with Crippen molar-refractivity contribution in [1.82, 2.24) is 4.98 Å². The van der Waals surface area contributed by atoms with Crippen molar-refractivity contribution in [1.29, 1.82) is 0 Å². The fourth-order valence-corrected chi connectivity index (χ4v) is 2.16. The first-order chi connectivity index (χ1) is 8.67. The van der Waals surface area contributed by atoms with Gasteiger partial charge in [-0.1, -0.05) is 17.7 Å². The van der Waals surface area contributed by atoms with E-state index in [9.17, 15) is 4.79 Å². The van der Waals surface area contributed by atoms with Gasteiger partial charge in [-0.3, -0.25) is 4.79 Å². The van der Waals surface area contributed by atoms with Gasteiger partial charge in [0.05, 0.1) is 19.2 Å². The highest BCUT2D eigenvalue weighted by molar-refractivity contribution is 7.13. The predicted octanol–water partition coefficient (Wildman–Crippen LogP) is 2.91. The molecule has 0 atom stereocenters. The van der Waals surface area contributed by atoms with E-state index in [4.69, 9.17) is 0 Å². The standard InChI is InChI=1S/C13H14N2O2S/c1-9-3-5-10(6-4-9)14-13-15-11(8-18-13)7-12(16)17-2/h3-6,8H,7H2,1-2H3,(H,14,15). The Labute approximate surface area is 110 Å². The lowest BCUT2D eigenvalue weighted by atomic mass is 10.2. The minimum atomic E-state index is -0.276. The van der Waals surface area contributed by atoms with E-state index in [-0.39, 0.29) is 12.4 Å². The zero-order valence-electron chi connectivity index (χ0n) is 10.3. The van der Waals surface area contributed by atoms with Crippen LogP contribution >= 0.6 is 11.3 Å². The van der Waals surface area contributed by atoms with Gasteiger partial charge in [0.2, 0.25) is 0 Å². The zero-order chi connectivity index (χ0) is 13.0. The van der Waals surface area contributed by atoms with Crippen molar-refractivity contribution in [2.45, 2.75) is 13.3 Å². The van der Waals surface area contributed by atoms with Gasteiger partial charge < -0.3 is 10.1 Å². The second-order valence-corrected chi connectivity index (χ2v) is 4.75. The van der Waals surface area contributed by atoms with E-state index in [0.717, 1.165) is 16.5 Å². The molecular formula is C13H14N2O2S. The van der Waals surface area contributed by atoms with Crippen molar-refractivity contribution < 1.29 is 9.53 Å². The Morgan fingerprint density at radius 1 is 1.39 bits per heavy atom. The van der Waals surface area contributed by atoms with Crippen molar-refractivity contribution in [3.63, 3.8) is 0 Å². The number of aryl methyl sites for hydroxylation is 1. The maximum atomic E-state index is 11.1. The predicted molar refractivity (Wildman–Crippen MR) is 72.3 cm³/mol. The third kappa shape index (κ3) is 3.30. The monoisotopic (exact) mass is 262 g/mol. The maximum Gasteiger partial charge on any atom is 0.311 e. The number of nitrogens with zero attached hydrogens (tertiary/aromatic N) is 1. The van der Waals surface area contributed by atoms with E-state index in [1.807, 2.05) is 36.6 Å². The van der Waals surface area contributed by atoms with Crippen LogP contribution in [-0.2, 0) is 16.0 Å². The summed E-state index contributed by atoms with van der Waals surface area (Å²) >= 11 is 1.47. The topological polar surface area (TPSA) is 51.2 Å². The first-order valence-corrected chi connectivity index (χ1v) is 6.40. The smallest absolute Gasteiger partial charge is 0.311 e. The Morgan fingerprint density at radius 2 is 2.11 bits per heavy atom. The largest absolute Gasteiger partial charge is 0.469 e. The average molecular weight is 262 g/mol. The molecule has 0 unspecified atom stereocenters. The number of esters is 1. The number of nitrogens with one attached hydrogen (secondary N) is 1. The Hall–Kier alpha value is -1.88. The van der Waals surface area contributed by atoms with Crippen LogP contribution < -0.4 is 5.32 Å². The van der Waals surface area contributed by atoms with E-state index in [1.165, 1.54) is 24.0 Å². The zero-order valence-corrected chi connectivity index (χ0v) is 11.1. The molecule has 5 heteroatoms. The van der Waals surface area contributed by atoms with E-state index >= 15 is 0 Å². The van der Waals surface area contributed by atoms with Crippen molar-refractivity contribution in [2.75, 3.05) is 12.4 Å². The van der Waals surface area contributed by atoms with Gasteiger partial charge in [0.25, 0.3) is 0 Å². The van der Waals surface area contributed by atoms with Gasteiger partial charge in [0.15, 0.2) is 5.13 Å². The number of carbonyl (C=O) groups excluding carboxylic acids is 1. The summed E-state index contributed by atoms with van der Waals surface area (Å²) in [6.45, 7) is 2.04. The number of hydrogen-bond acceptors (Lipinski definition) is 5. The van der Waals surface area contributed by atoms with Gasteiger partial charge in [-0.2, -0.15) is 0 Å². The van der Waals surface area contributed by atoms with E-state index in [2.05, 4.69) is 15.0 Å². The fourth-order valence-electron chi connectivity index (χ4n) is 1.43. The molecule has 0 saturated carbocycles. The van der Waals surface area contributed by atoms with Gasteiger partial charge in [-0.25, -0.2) is 4.98 Å². The maximum absolute atomic E-state index is 11.1. The molecule has 0 aliphatic heterocycles. The molecule has 4 nitrogen and oxygen atoms in total. The number of methoxy groups -OCH3 is 1. The average Bonchev–Trinajstić information content (AvgIpc) is 2.79. The van der Waals surface area contributed by atoms with Crippen LogP contribution in [0.15, 0.2) is 29.6 Å². The summed E-state index contributed by atoms with van der Waals surface area (Å²) in [4.78, 5) is 15.4. The third-order valence-electron chi connectivity index (χ3n) is 2.41. The molecule has 0 aliphatic carbocycles. The second kappa shape index (κ2) is 5.64. The summed E-state index contributed by atoms with van der Waals surface area (Å²) < 4.78 is 4.60. The number of rotatable bonds is 4. The van der Waals surface area contributed by atoms with Crippen molar-refractivity contribution in [3.8, 4) is 0 Å². The normalized spacial score (nSPS) is 10.1. The minimum Gasteiger partial charge on any atom is -0.469 e. The van der Waals surface area contributed by atoms with Crippen LogP contribution in [0.25, 0.3) is 0 Å². The highest BCUT2D eigenvalue weighted by atomic mass is 32.1. The molecule has 94 valence electrons. The molecule has 0 spiro atoms. The molecule has 0 radical (unpaired) electrons. The van der Waals surface area contributed by atoms with E-state index in [1.54, 1.807) is 0 Å². The number of hydrogen-bond donors (Lipinski definition) is 1. The molecule has 18 heavy (non-hydrogen) atoms. The number of carbonyl (C=O) groups is 1. The third-order valence-corrected chi connectivity index (χ3v) is 3.21. The van der Waals surface area contributed by atoms with Gasteiger partial charge in [-0.15, -0.1) is 11.3 Å². The molecule has 0 fully saturated rings. The SMILES string of the molecule is COC(=O)Cc1csc(Nc2ccc(C)cc2)n1. The van der Waals surface area contributed by atoms with Gasteiger partial charge in [-0.05, 0) is 19.1 Å². The number of anilines is 2. The first-order valence-electron chi connectivity index (χ1n) is 5.52. The Kier molecular flexibility index (Phi) is 3.94. The molecule has 1 N–H and O–H groups in total. The molecular weight excluding hydrogens is 248 g/mol. The summed E-state index contributed by atoms with van der Waals surface area (Å²) in [5.41, 5.74) is 2.92. The van der Waals surface area contributed by atoms with Gasteiger partial charge in [0.1, 0.15) is 0 Å². The summed E-state index contributed by atoms with van der Waals surface area (Å²) in [5, 5.41) is 5.83. The number of thiazole rings is 1. The lowest BCUT2D eigenvalue weighted by Gasteiger charge is -2.02. The lowest BCUT2D eigenvalue weighted by molar-refractivity contribution is -0.139. The first kappa shape index (κ1) is 12.6. The quantitative estimate of drug-likeness (QED) is 0.861. The van der Waals surface area contributed by atoms with Crippen LogP contribution in [0.5, 0.6) is 0 Å². The van der Waals surface area contributed by atoms with Crippen molar-refractivity contribution in [3.05, 3.63) is 40.9 Å². The molecule has 0 saturated heterocycles. The Bertz CT molecular complexity index is 534. The molecule has 0 bridgehead atoms. The van der Waals surface area contributed by atoms with Crippen LogP contribution in [0.2, 0.25) is 0 Å². The highest BCUT2D eigenvalue weighted by Gasteiger charge is 2.07. The minimum absolute atomic E-state index is 0.211. The Balaban J connectivity index is 2.02. The summed E-state index contributed by atoms with van der Waals surface area (Å²) in [7, 11) is 1.38. The summed E-state index contributed by atoms with van der Waals surface area (Å²) in [6, 6.07) is 8.06. The van der Waals surface area contributed by atoms with Crippen LogP contribution in [0.1, 0.15) is 11.3 Å². The summed E-state index contributed by atoms with van der Waals surface area (Å²) in [6.07, 6.45) is 0.211. The molecule has 1 heterocycles. The molecule has 2 rings (SSSR count). The summed E-state index contributed by atoms with van der Waals surface area (Å²) in [5.74, 6) is -0.276. The highest BCUT2D eigenvalue weighted by Crippen LogP contribution is 2.21. The van der Waals surface area contributed by atoms with E-state index in [0.29, 0.717) is 0 Å². The number of ether oxygens (including phenoxy) is 1. The molecule has 1 aromatic carbocycles.